The minimum atomic E-state index is -0.859. The maximum Gasteiger partial charge on any atom is 0.352 e. The van der Waals surface area contributed by atoms with E-state index in [4.69, 9.17) is 5.11 Å². The lowest BCUT2D eigenvalue weighted by Gasteiger charge is -2.34. The van der Waals surface area contributed by atoms with Crippen LogP contribution in [0.1, 0.15) is 47.4 Å². The molecule has 1 aromatic heterocycles. The Hall–Kier alpha value is -1.29. The number of aromatic amines is 1. The van der Waals surface area contributed by atoms with E-state index in [0.717, 1.165) is 18.7 Å². The lowest BCUT2D eigenvalue weighted by Crippen LogP contribution is -2.41. The Kier molecular flexibility index (Phi) is 2.07. The van der Waals surface area contributed by atoms with Gasteiger partial charge in [0.25, 0.3) is 0 Å². The zero-order valence-electron chi connectivity index (χ0n) is 9.18. The van der Waals surface area contributed by atoms with Crippen LogP contribution in [-0.2, 0) is 12.0 Å². The van der Waals surface area contributed by atoms with Gasteiger partial charge in [0.2, 0.25) is 0 Å². The predicted octanol–water partition coefficient (Wildman–Crippen LogP) is 1.63. The van der Waals surface area contributed by atoms with Gasteiger partial charge in [0.05, 0.1) is 0 Å². The molecule has 16 heavy (non-hydrogen) atoms. The smallest absolute Gasteiger partial charge is 0.352 e. The Morgan fingerprint density at radius 1 is 1.38 bits per heavy atom. The lowest BCUT2D eigenvalue weighted by atomic mass is 9.79. The molecule has 2 aliphatic rings. The van der Waals surface area contributed by atoms with Crippen LogP contribution in [0.2, 0.25) is 0 Å². The first kappa shape index (κ1) is 9.90. The Morgan fingerprint density at radius 3 is 2.81 bits per heavy atom. The first-order valence-electron chi connectivity index (χ1n) is 5.88. The van der Waals surface area contributed by atoms with Crippen LogP contribution in [0.4, 0.5) is 0 Å². The van der Waals surface area contributed by atoms with Crippen molar-refractivity contribution in [3.63, 3.8) is 0 Å². The SMILES string of the molecule is O=C(O)c1cc2c([nH]1)C1(CCCC1)CNC2. The van der Waals surface area contributed by atoms with Crippen LogP contribution in [0.3, 0.4) is 0 Å². The Bertz CT molecular complexity index is 430. The van der Waals surface area contributed by atoms with Gasteiger partial charge in [-0.05, 0) is 24.5 Å². The van der Waals surface area contributed by atoms with Crippen LogP contribution >= 0.6 is 0 Å². The topological polar surface area (TPSA) is 65.1 Å². The number of hydrogen-bond donors (Lipinski definition) is 3. The normalized spacial score (nSPS) is 22.2. The van der Waals surface area contributed by atoms with Gasteiger partial charge in [0, 0.05) is 24.2 Å². The lowest BCUT2D eigenvalue weighted by molar-refractivity contribution is 0.0691. The van der Waals surface area contributed by atoms with Crippen molar-refractivity contribution in [2.75, 3.05) is 6.54 Å². The Labute approximate surface area is 94.1 Å². The third-order valence-corrected chi connectivity index (χ3v) is 4.00. The van der Waals surface area contributed by atoms with Gasteiger partial charge in [0.15, 0.2) is 0 Å². The molecule has 0 amide bonds. The summed E-state index contributed by atoms with van der Waals surface area (Å²) in [5, 5.41) is 12.4. The highest BCUT2D eigenvalue weighted by Gasteiger charge is 2.40. The van der Waals surface area contributed by atoms with Crippen LogP contribution in [-0.4, -0.2) is 22.6 Å². The maximum absolute atomic E-state index is 11.0. The highest BCUT2D eigenvalue weighted by molar-refractivity contribution is 5.86. The molecule has 1 aliphatic carbocycles. The highest BCUT2D eigenvalue weighted by atomic mass is 16.4. The fraction of sp³-hybridized carbons (Fsp3) is 0.583. The summed E-state index contributed by atoms with van der Waals surface area (Å²) < 4.78 is 0. The molecule has 4 heteroatoms. The third kappa shape index (κ3) is 1.29. The van der Waals surface area contributed by atoms with Crippen LogP contribution < -0.4 is 5.32 Å². The monoisotopic (exact) mass is 220 g/mol. The van der Waals surface area contributed by atoms with E-state index in [-0.39, 0.29) is 5.41 Å². The molecule has 3 N–H and O–H groups in total. The fourth-order valence-corrected chi connectivity index (χ4v) is 3.23. The summed E-state index contributed by atoms with van der Waals surface area (Å²) in [5.74, 6) is -0.859. The van der Waals surface area contributed by atoms with Crippen molar-refractivity contribution in [2.24, 2.45) is 0 Å². The molecular weight excluding hydrogens is 204 g/mol. The molecule has 1 fully saturated rings. The summed E-state index contributed by atoms with van der Waals surface area (Å²) in [6, 6.07) is 1.78. The second-order valence-electron chi connectivity index (χ2n) is 4.98. The molecule has 0 unspecified atom stereocenters. The molecule has 1 aliphatic heterocycles. The van der Waals surface area contributed by atoms with E-state index in [1.54, 1.807) is 6.07 Å². The number of carboxylic acids is 1. The molecule has 1 aromatic rings. The quantitative estimate of drug-likeness (QED) is 0.674. The number of carboxylic acid groups (broad SMARTS) is 1. The predicted molar refractivity (Wildman–Crippen MR) is 59.6 cm³/mol. The molecule has 0 bridgehead atoms. The molecule has 1 spiro atoms. The summed E-state index contributed by atoms with van der Waals surface area (Å²) in [6.45, 7) is 1.78. The zero-order valence-corrected chi connectivity index (χ0v) is 9.18. The largest absolute Gasteiger partial charge is 0.477 e. The standard InChI is InChI=1S/C12H16N2O2/c15-11(16)9-5-8-6-13-7-12(10(8)14-9)3-1-2-4-12/h5,13-14H,1-4,6-7H2,(H,15,16). The van der Waals surface area contributed by atoms with E-state index in [9.17, 15) is 4.79 Å². The van der Waals surface area contributed by atoms with Crippen LogP contribution in [0, 0.1) is 0 Å². The van der Waals surface area contributed by atoms with Gasteiger partial charge in [-0.1, -0.05) is 12.8 Å². The number of H-pyrrole nitrogens is 1. The Morgan fingerprint density at radius 2 is 2.12 bits per heavy atom. The van der Waals surface area contributed by atoms with E-state index in [2.05, 4.69) is 10.3 Å². The molecule has 4 nitrogen and oxygen atoms in total. The second kappa shape index (κ2) is 3.35. The van der Waals surface area contributed by atoms with Crippen LogP contribution in [0.15, 0.2) is 6.07 Å². The zero-order chi connectivity index (χ0) is 11.2. The van der Waals surface area contributed by atoms with Gasteiger partial charge >= 0.3 is 5.97 Å². The maximum atomic E-state index is 11.0. The van der Waals surface area contributed by atoms with Gasteiger partial charge in [-0.3, -0.25) is 0 Å². The number of carbonyl (C=O) groups is 1. The molecule has 3 rings (SSSR count). The number of aromatic carboxylic acids is 1. The molecule has 0 aromatic carbocycles. The molecule has 0 atom stereocenters. The first-order chi connectivity index (χ1) is 7.71. The van der Waals surface area contributed by atoms with E-state index in [1.165, 1.54) is 31.4 Å². The minimum absolute atomic E-state index is 0.182. The number of fused-ring (bicyclic) bond motifs is 2. The van der Waals surface area contributed by atoms with E-state index >= 15 is 0 Å². The highest BCUT2D eigenvalue weighted by Crippen LogP contribution is 2.43. The number of rotatable bonds is 1. The van der Waals surface area contributed by atoms with Crippen molar-refractivity contribution in [2.45, 2.75) is 37.6 Å². The van der Waals surface area contributed by atoms with Crippen molar-refractivity contribution >= 4 is 5.97 Å². The van der Waals surface area contributed by atoms with E-state index < -0.39 is 5.97 Å². The van der Waals surface area contributed by atoms with Crippen LogP contribution in [0.5, 0.6) is 0 Å². The summed E-state index contributed by atoms with van der Waals surface area (Å²) in [7, 11) is 0. The van der Waals surface area contributed by atoms with Gasteiger partial charge < -0.3 is 15.4 Å². The average molecular weight is 220 g/mol. The van der Waals surface area contributed by atoms with Crippen molar-refractivity contribution in [3.8, 4) is 0 Å². The second-order valence-corrected chi connectivity index (χ2v) is 4.98. The molecule has 2 heterocycles. The van der Waals surface area contributed by atoms with Gasteiger partial charge in [-0.15, -0.1) is 0 Å². The summed E-state index contributed by atoms with van der Waals surface area (Å²) in [5.41, 5.74) is 2.84. The third-order valence-electron chi connectivity index (χ3n) is 4.00. The van der Waals surface area contributed by atoms with Crippen molar-refractivity contribution < 1.29 is 9.90 Å². The van der Waals surface area contributed by atoms with E-state index in [1.807, 2.05) is 0 Å². The van der Waals surface area contributed by atoms with Crippen molar-refractivity contribution in [3.05, 3.63) is 23.0 Å². The van der Waals surface area contributed by atoms with Crippen LogP contribution in [0.25, 0.3) is 0 Å². The molecule has 0 saturated heterocycles. The van der Waals surface area contributed by atoms with Crippen molar-refractivity contribution in [1.82, 2.24) is 10.3 Å². The first-order valence-corrected chi connectivity index (χ1v) is 5.88. The molecule has 1 saturated carbocycles. The van der Waals surface area contributed by atoms with E-state index in [0.29, 0.717) is 5.69 Å². The molecule has 0 radical (unpaired) electrons. The van der Waals surface area contributed by atoms with Gasteiger partial charge in [0.1, 0.15) is 5.69 Å². The summed E-state index contributed by atoms with van der Waals surface area (Å²) in [4.78, 5) is 14.1. The average Bonchev–Trinajstić information content (AvgIpc) is 2.85. The molecular formula is C12H16N2O2. The summed E-state index contributed by atoms with van der Waals surface area (Å²) in [6.07, 6.45) is 4.85. The number of hydrogen-bond acceptors (Lipinski definition) is 2. The van der Waals surface area contributed by atoms with Crippen molar-refractivity contribution in [1.29, 1.82) is 0 Å². The van der Waals surface area contributed by atoms with Gasteiger partial charge in [-0.25, -0.2) is 4.79 Å². The number of aromatic nitrogens is 1. The number of nitrogens with one attached hydrogen (secondary N) is 2. The molecule has 86 valence electrons. The minimum Gasteiger partial charge on any atom is -0.477 e. The fourth-order valence-electron chi connectivity index (χ4n) is 3.23. The summed E-state index contributed by atoms with van der Waals surface area (Å²) >= 11 is 0. The Balaban J connectivity index is 2.07. The van der Waals surface area contributed by atoms with Gasteiger partial charge in [-0.2, -0.15) is 0 Å².